The van der Waals surface area contributed by atoms with E-state index in [-0.39, 0.29) is 12.4 Å². The van der Waals surface area contributed by atoms with Gasteiger partial charge in [0.2, 0.25) is 0 Å². The lowest BCUT2D eigenvalue weighted by molar-refractivity contribution is -0.149. The van der Waals surface area contributed by atoms with Crippen molar-refractivity contribution in [1.82, 2.24) is 0 Å². The Hall–Kier alpha value is -1.21. The molecule has 0 aliphatic carbocycles. The van der Waals surface area contributed by atoms with Crippen LogP contribution in [0.25, 0.3) is 0 Å². The monoisotopic (exact) mass is 260 g/mol. The molecular formula is C8H9ClF4N2O. The lowest BCUT2D eigenvalue weighted by atomic mass is 10.0. The first-order valence-electron chi connectivity index (χ1n) is 3.84. The minimum absolute atomic E-state index is 0. The van der Waals surface area contributed by atoms with Gasteiger partial charge in [0, 0.05) is 5.56 Å². The van der Waals surface area contributed by atoms with Gasteiger partial charge in [-0.25, -0.2) is 4.39 Å². The zero-order valence-electron chi connectivity index (χ0n) is 7.75. The molecule has 0 fully saturated rings. The number of anilines is 1. The summed E-state index contributed by atoms with van der Waals surface area (Å²) in [4.78, 5) is 0. The molecule has 0 aromatic heterocycles. The van der Waals surface area contributed by atoms with Gasteiger partial charge in [0.05, 0.1) is 0 Å². The maximum Gasteiger partial charge on any atom is 0.407 e. The fourth-order valence-electron chi connectivity index (χ4n) is 1.03. The quantitative estimate of drug-likeness (QED) is 0.411. The van der Waals surface area contributed by atoms with Gasteiger partial charge >= 0.3 is 6.18 Å². The lowest BCUT2D eigenvalue weighted by Gasteiger charge is -2.17. The number of benzene rings is 1. The smallest absolute Gasteiger partial charge is 0.407 e. The first-order valence-corrected chi connectivity index (χ1v) is 3.84. The number of rotatable bonds is 1. The van der Waals surface area contributed by atoms with Crippen LogP contribution in [0.4, 0.5) is 23.2 Å². The summed E-state index contributed by atoms with van der Waals surface area (Å²) in [5, 5.41) is 9.17. The maximum absolute atomic E-state index is 12.7. The molecule has 8 heteroatoms. The Bertz CT molecular complexity index is 383. The van der Waals surface area contributed by atoms with Crippen molar-refractivity contribution in [2.45, 2.75) is 12.2 Å². The molecule has 1 aromatic rings. The minimum Gasteiger partial charge on any atom is -0.505 e. The van der Waals surface area contributed by atoms with Crippen LogP contribution in [0.2, 0.25) is 0 Å². The highest BCUT2D eigenvalue weighted by Crippen LogP contribution is 2.38. The molecule has 1 aromatic carbocycles. The standard InChI is InChI=1S/C8H8F4N2O.ClH/c9-4-2-1-3(6(15)5(4)13)7(14)8(10,11)12;/h1-2,7,15H,13-14H2;1H/t7-;/m1./s1. The van der Waals surface area contributed by atoms with Gasteiger partial charge in [0.1, 0.15) is 23.3 Å². The van der Waals surface area contributed by atoms with Crippen molar-refractivity contribution in [1.29, 1.82) is 0 Å². The topological polar surface area (TPSA) is 72.3 Å². The lowest BCUT2D eigenvalue weighted by Crippen LogP contribution is -2.28. The molecule has 0 heterocycles. The van der Waals surface area contributed by atoms with E-state index in [9.17, 15) is 17.6 Å². The summed E-state index contributed by atoms with van der Waals surface area (Å²) in [7, 11) is 0. The first kappa shape index (κ1) is 14.8. The second-order valence-corrected chi connectivity index (χ2v) is 2.92. The van der Waals surface area contributed by atoms with Gasteiger partial charge in [-0.15, -0.1) is 12.4 Å². The van der Waals surface area contributed by atoms with Gasteiger partial charge in [-0.2, -0.15) is 13.2 Å². The van der Waals surface area contributed by atoms with Gasteiger partial charge in [-0.3, -0.25) is 0 Å². The van der Waals surface area contributed by atoms with E-state index in [1.54, 1.807) is 0 Å². The molecule has 0 saturated heterocycles. The van der Waals surface area contributed by atoms with Gasteiger partial charge < -0.3 is 16.6 Å². The van der Waals surface area contributed by atoms with Crippen molar-refractivity contribution in [3.05, 3.63) is 23.5 Å². The van der Waals surface area contributed by atoms with E-state index in [1.165, 1.54) is 0 Å². The largest absolute Gasteiger partial charge is 0.505 e. The van der Waals surface area contributed by atoms with Crippen molar-refractivity contribution in [3.8, 4) is 5.75 Å². The van der Waals surface area contributed by atoms with E-state index in [0.29, 0.717) is 0 Å². The minimum atomic E-state index is -4.72. The number of nitrogens with two attached hydrogens (primary N) is 2. The second-order valence-electron chi connectivity index (χ2n) is 2.92. The number of nitrogen functional groups attached to an aromatic ring is 1. The number of aromatic hydroxyl groups is 1. The molecule has 0 aliphatic rings. The molecule has 5 N–H and O–H groups in total. The molecular weight excluding hydrogens is 252 g/mol. The zero-order valence-corrected chi connectivity index (χ0v) is 8.57. The highest BCUT2D eigenvalue weighted by molar-refractivity contribution is 5.85. The number of hydrogen-bond donors (Lipinski definition) is 3. The maximum atomic E-state index is 12.7. The molecule has 0 spiro atoms. The van der Waals surface area contributed by atoms with Gasteiger partial charge in [0.15, 0.2) is 0 Å². The highest BCUT2D eigenvalue weighted by Gasteiger charge is 2.39. The van der Waals surface area contributed by atoms with Gasteiger partial charge in [0.25, 0.3) is 0 Å². The third-order valence-corrected chi connectivity index (χ3v) is 1.88. The van der Waals surface area contributed by atoms with Crippen LogP contribution in [0.1, 0.15) is 11.6 Å². The highest BCUT2D eigenvalue weighted by atomic mass is 35.5. The van der Waals surface area contributed by atoms with Crippen LogP contribution >= 0.6 is 12.4 Å². The van der Waals surface area contributed by atoms with Crippen molar-refractivity contribution in [2.75, 3.05) is 5.73 Å². The normalized spacial score (nSPS) is 13.1. The van der Waals surface area contributed by atoms with Crippen LogP contribution in [0.15, 0.2) is 12.1 Å². The van der Waals surface area contributed by atoms with E-state index in [4.69, 9.17) is 16.6 Å². The van der Waals surface area contributed by atoms with Crippen molar-refractivity contribution in [2.24, 2.45) is 5.73 Å². The average Bonchev–Trinajstić information content (AvgIpc) is 2.12. The molecule has 0 saturated carbocycles. The van der Waals surface area contributed by atoms with Gasteiger partial charge in [-0.05, 0) is 6.07 Å². The summed E-state index contributed by atoms with van der Waals surface area (Å²) < 4.78 is 49.2. The average molecular weight is 261 g/mol. The summed E-state index contributed by atoms with van der Waals surface area (Å²) >= 11 is 0. The Labute approximate surface area is 94.5 Å². The SMILES string of the molecule is Cl.Nc1c(F)ccc([C@@H](N)C(F)(F)F)c1O. The third kappa shape index (κ3) is 2.67. The Morgan fingerprint density at radius 2 is 1.75 bits per heavy atom. The Balaban J connectivity index is 0.00000225. The van der Waals surface area contributed by atoms with E-state index in [0.717, 1.165) is 12.1 Å². The molecule has 16 heavy (non-hydrogen) atoms. The fraction of sp³-hybridized carbons (Fsp3) is 0.250. The summed E-state index contributed by atoms with van der Waals surface area (Å²) in [5.74, 6) is -1.97. The number of alkyl halides is 3. The molecule has 0 bridgehead atoms. The molecule has 0 radical (unpaired) electrons. The Morgan fingerprint density at radius 1 is 1.25 bits per heavy atom. The van der Waals surface area contributed by atoms with Crippen LogP contribution in [0.5, 0.6) is 5.75 Å². The third-order valence-electron chi connectivity index (χ3n) is 1.88. The molecule has 3 nitrogen and oxygen atoms in total. The molecule has 1 atom stereocenters. The Morgan fingerprint density at radius 3 is 2.19 bits per heavy atom. The fourth-order valence-corrected chi connectivity index (χ4v) is 1.03. The number of halogens is 5. The van der Waals surface area contributed by atoms with E-state index in [2.05, 4.69) is 0 Å². The summed E-state index contributed by atoms with van der Waals surface area (Å²) in [6.45, 7) is 0. The van der Waals surface area contributed by atoms with Crippen molar-refractivity contribution >= 4 is 18.1 Å². The number of phenolic OH excluding ortho intramolecular Hbond substituents is 1. The van der Waals surface area contributed by atoms with Gasteiger partial charge in [-0.1, -0.05) is 6.07 Å². The summed E-state index contributed by atoms with van der Waals surface area (Å²) in [6, 6.07) is -0.921. The van der Waals surface area contributed by atoms with Crippen LogP contribution in [-0.4, -0.2) is 11.3 Å². The van der Waals surface area contributed by atoms with Crippen LogP contribution in [0, 0.1) is 5.82 Å². The predicted molar refractivity (Wildman–Crippen MR) is 52.7 cm³/mol. The van der Waals surface area contributed by atoms with Crippen molar-refractivity contribution < 1.29 is 22.7 Å². The molecule has 92 valence electrons. The molecule has 0 unspecified atom stereocenters. The summed E-state index contributed by atoms with van der Waals surface area (Å²) in [5.41, 5.74) is 8.45. The number of hydrogen-bond acceptors (Lipinski definition) is 3. The van der Waals surface area contributed by atoms with E-state index < -0.39 is 35.0 Å². The second kappa shape index (κ2) is 4.75. The molecule has 0 aliphatic heterocycles. The van der Waals surface area contributed by atoms with Crippen LogP contribution in [0.3, 0.4) is 0 Å². The van der Waals surface area contributed by atoms with E-state index in [1.807, 2.05) is 0 Å². The zero-order chi connectivity index (χ0) is 11.8. The summed E-state index contributed by atoms with van der Waals surface area (Å²) in [6.07, 6.45) is -4.72. The predicted octanol–water partition coefficient (Wildman–Crippen LogP) is 2.10. The Kier molecular flexibility index (Phi) is 4.39. The van der Waals surface area contributed by atoms with Crippen molar-refractivity contribution in [3.63, 3.8) is 0 Å². The number of phenols is 1. The molecule has 1 rings (SSSR count). The first-order chi connectivity index (χ1) is 6.75. The van der Waals surface area contributed by atoms with E-state index >= 15 is 0 Å². The van der Waals surface area contributed by atoms with Crippen LogP contribution in [-0.2, 0) is 0 Å². The molecule has 0 amide bonds. The van der Waals surface area contributed by atoms with Crippen LogP contribution < -0.4 is 11.5 Å².